The Hall–Kier alpha value is -2.93. The summed E-state index contributed by atoms with van der Waals surface area (Å²) in [5.74, 6) is 0. The van der Waals surface area contributed by atoms with Gasteiger partial charge in [0.15, 0.2) is 0 Å². The highest BCUT2D eigenvalue weighted by Gasteiger charge is 2.08. The van der Waals surface area contributed by atoms with E-state index >= 15 is 0 Å². The molecule has 0 N–H and O–H groups in total. The minimum absolute atomic E-state index is 1.19. The molecule has 0 spiro atoms. The molecule has 0 atom stereocenters. The van der Waals surface area contributed by atoms with Crippen LogP contribution in [0.3, 0.4) is 0 Å². The molecular formula is C21H13N. The molecule has 0 saturated heterocycles. The molecule has 102 valence electrons. The molecule has 0 amide bonds. The molecule has 1 aromatic heterocycles. The highest BCUT2D eigenvalue weighted by molar-refractivity contribution is 6.27. The van der Waals surface area contributed by atoms with Crippen molar-refractivity contribution in [2.24, 2.45) is 0 Å². The molecule has 0 aliphatic rings. The number of hydrogen-bond donors (Lipinski definition) is 0. The first kappa shape index (κ1) is 11.7. The molecule has 1 heterocycles. The maximum atomic E-state index is 4.26. The average molecular weight is 279 g/mol. The van der Waals surface area contributed by atoms with Gasteiger partial charge in [0.1, 0.15) is 0 Å². The number of nitrogens with zero attached hydrogens (tertiary/aromatic N) is 1. The average Bonchev–Trinajstić information content (AvgIpc) is 2.60. The molecule has 0 aliphatic heterocycles. The zero-order chi connectivity index (χ0) is 14.5. The lowest BCUT2D eigenvalue weighted by molar-refractivity contribution is 1.37. The number of aromatic nitrogens is 1. The van der Waals surface area contributed by atoms with E-state index in [1.54, 1.807) is 0 Å². The fourth-order valence-electron chi connectivity index (χ4n) is 3.49. The predicted molar refractivity (Wildman–Crippen MR) is 94.3 cm³/mol. The molecule has 0 aliphatic carbocycles. The summed E-state index contributed by atoms with van der Waals surface area (Å²) in [6, 6.07) is 23.9. The summed E-state index contributed by atoms with van der Waals surface area (Å²) in [5.41, 5.74) is 0. The van der Waals surface area contributed by atoms with Crippen LogP contribution in [0, 0.1) is 0 Å². The number of rotatable bonds is 0. The number of fused-ring (bicyclic) bond motifs is 7. The second-order valence-electron chi connectivity index (χ2n) is 5.71. The van der Waals surface area contributed by atoms with Gasteiger partial charge in [0.25, 0.3) is 0 Å². The summed E-state index contributed by atoms with van der Waals surface area (Å²) in [4.78, 5) is 4.26. The van der Waals surface area contributed by atoms with Gasteiger partial charge >= 0.3 is 0 Å². The van der Waals surface area contributed by atoms with E-state index in [0.29, 0.717) is 0 Å². The molecular weight excluding hydrogens is 266 g/mol. The van der Waals surface area contributed by atoms with Crippen LogP contribution in [0.1, 0.15) is 0 Å². The summed E-state index contributed by atoms with van der Waals surface area (Å²) >= 11 is 0. The number of hydrogen-bond acceptors (Lipinski definition) is 1. The minimum atomic E-state index is 1.19. The second-order valence-corrected chi connectivity index (χ2v) is 5.71. The lowest BCUT2D eigenvalue weighted by Crippen LogP contribution is -1.84. The zero-order valence-electron chi connectivity index (χ0n) is 12.0. The first-order chi connectivity index (χ1) is 10.9. The quantitative estimate of drug-likeness (QED) is 0.332. The van der Waals surface area contributed by atoms with E-state index in [4.69, 9.17) is 0 Å². The molecule has 0 fully saturated rings. The van der Waals surface area contributed by atoms with Crippen LogP contribution in [-0.4, -0.2) is 4.98 Å². The van der Waals surface area contributed by atoms with Crippen molar-refractivity contribution in [3.63, 3.8) is 0 Å². The Kier molecular flexibility index (Phi) is 2.28. The third-order valence-corrected chi connectivity index (χ3v) is 4.51. The highest BCUT2D eigenvalue weighted by atomic mass is 14.6. The first-order valence-electron chi connectivity index (χ1n) is 7.49. The third-order valence-electron chi connectivity index (χ3n) is 4.51. The van der Waals surface area contributed by atoms with E-state index in [0.717, 1.165) is 0 Å². The smallest absolute Gasteiger partial charge is 0.0346 e. The molecule has 0 bridgehead atoms. The van der Waals surface area contributed by atoms with E-state index < -0.39 is 0 Å². The molecule has 0 unspecified atom stereocenters. The van der Waals surface area contributed by atoms with Crippen molar-refractivity contribution in [2.75, 3.05) is 0 Å². The van der Waals surface area contributed by atoms with Crippen LogP contribution in [0.5, 0.6) is 0 Å². The van der Waals surface area contributed by atoms with Gasteiger partial charge in [-0.05, 0) is 43.8 Å². The van der Waals surface area contributed by atoms with E-state index in [9.17, 15) is 0 Å². The lowest BCUT2D eigenvalue weighted by Gasteiger charge is -2.10. The predicted octanol–water partition coefficient (Wildman–Crippen LogP) is 5.69. The van der Waals surface area contributed by atoms with Crippen LogP contribution in [0.15, 0.2) is 79.1 Å². The standard InChI is InChI=1S/C21H13N/c1-2-4-18-14(3-1)5-6-15-7-8-16-9-10-17-13-22-12-11-19(17)21(16)20(15)18/h1-13H. The maximum absolute atomic E-state index is 4.26. The molecule has 0 saturated carbocycles. The summed E-state index contributed by atoms with van der Waals surface area (Å²) in [6.07, 6.45) is 3.82. The van der Waals surface area contributed by atoms with Crippen molar-refractivity contribution in [1.82, 2.24) is 4.98 Å². The van der Waals surface area contributed by atoms with Gasteiger partial charge in [0, 0.05) is 17.8 Å². The van der Waals surface area contributed by atoms with Gasteiger partial charge in [-0.2, -0.15) is 0 Å². The molecule has 1 nitrogen and oxygen atoms in total. The van der Waals surface area contributed by atoms with Gasteiger partial charge in [-0.1, -0.05) is 60.7 Å². The SMILES string of the molecule is c1ccc2c(c1)ccc1ccc3ccc4cnccc4c3c12. The van der Waals surface area contributed by atoms with Crippen LogP contribution >= 0.6 is 0 Å². The summed E-state index contributed by atoms with van der Waals surface area (Å²) in [7, 11) is 0. The number of pyridine rings is 1. The van der Waals surface area contributed by atoms with Gasteiger partial charge in [-0.25, -0.2) is 0 Å². The van der Waals surface area contributed by atoms with Crippen LogP contribution in [0.25, 0.3) is 43.1 Å². The van der Waals surface area contributed by atoms with Crippen molar-refractivity contribution >= 4 is 43.1 Å². The Bertz CT molecular complexity index is 1070. The largest absolute Gasteiger partial charge is 0.264 e. The monoisotopic (exact) mass is 279 g/mol. The van der Waals surface area contributed by atoms with Crippen LogP contribution in [0.2, 0.25) is 0 Å². The third kappa shape index (κ3) is 1.51. The van der Waals surface area contributed by atoms with Gasteiger partial charge in [-0.3, -0.25) is 4.98 Å². The Balaban J connectivity index is 2.19. The molecule has 5 rings (SSSR count). The van der Waals surface area contributed by atoms with Gasteiger partial charge in [0.2, 0.25) is 0 Å². The van der Waals surface area contributed by atoms with Gasteiger partial charge in [-0.15, -0.1) is 0 Å². The van der Waals surface area contributed by atoms with Crippen molar-refractivity contribution < 1.29 is 0 Å². The van der Waals surface area contributed by atoms with Crippen LogP contribution in [0.4, 0.5) is 0 Å². The van der Waals surface area contributed by atoms with E-state index in [-0.39, 0.29) is 0 Å². The van der Waals surface area contributed by atoms with E-state index in [1.807, 2.05) is 12.4 Å². The normalized spacial score (nSPS) is 11.6. The zero-order valence-corrected chi connectivity index (χ0v) is 12.0. The van der Waals surface area contributed by atoms with Gasteiger partial charge < -0.3 is 0 Å². The number of benzene rings is 4. The molecule has 4 aromatic carbocycles. The van der Waals surface area contributed by atoms with E-state index in [2.05, 4.69) is 71.7 Å². The first-order valence-corrected chi connectivity index (χ1v) is 7.49. The fourth-order valence-corrected chi connectivity index (χ4v) is 3.49. The fraction of sp³-hybridized carbons (Fsp3) is 0. The summed E-state index contributed by atoms with van der Waals surface area (Å²) in [5, 5.41) is 10.3. The maximum Gasteiger partial charge on any atom is 0.0346 e. The van der Waals surface area contributed by atoms with Crippen molar-refractivity contribution in [1.29, 1.82) is 0 Å². The Morgan fingerprint density at radius 3 is 1.86 bits per heavy atom. The Morgan fingerprint density at radius 2 is 1.09 bits per heavy atom. The second kappa shape index (κ2) is 4.28. The summed E-state index contributed by atoms with van der Waals surface area (Å²) < 4.78 is 0. The molecule has 0 radical (unpaired) electrons. The lowest BCUT2D eigenvalue weighted by atomic mass is 9.93. The van der Waals surface area contributed by atoms with Crippen molar-refractivity contribution in [3.05, 3.63) is 79.1 Å². The van der Waals surface area contributed by atoms with E-state index in [1.165, 1.54) is 43.1 Å². The molecule has 22 heavy (non-hydrogen) atoms. The summed E-state index contributed by atoms with van der Waals surface area (Å²) in [6.45, 7) is 0. The highest BCUT2D eigenvalue weighted by Crippen LogP contribution is 2.35. The van der Waals surface area contributed by atoms with Gasteiger partial charge in [0.05, 0.1) is 0 Å². The Morgan fingerprint density at radius 1 is 0.500 bits per heavy atom. The van der Waals surface area contributed by atoms with Crippen LogP contribution < -0.4 is 0 Å². The molecule has 1 heteroatoms. The van der Waals surface area contributed by atoms with Crippen molar-refractivity contribution in [3.8, 4) is 0 Å². The Labute approximate surface area is 127 Å². The van der Waals surface area contributed by atoms with Crippen LogP contribution in [-0.2, 0) is 0 Å². The molecule has 5 aromatic rings. The minimum Gasteiger partial charge on any atom is -0.264 e. The topological polar surface area (TPSA) is 12.9 Å². The van der Waals surface area contributed by atoms with Crippen molar-refractivity contribution in [2.45, 2.75) is 0 Å².